The van der Waals surface area contributed by atoms with Crippen molar-refractivity contribution in [2.75, 3.05) is 5.32 Å². The molecule has 1 amide bonds. The molecule has 32 heavy (non-hydrogen) atoms. The lowest BCUT2D eigenvalue weighted by molar-refractivity contribution is -0.125. The Balaban J connectivity index is 1.59. The van der Waals surface area contributed by atoms with Crippen LogP contribution in [0.3, 0.4) is 0 Å². The predicted molar refractivity (Wildman–Crippen MR) is 120 cm³/mol. The minimum absolute atomic E-state index is 0.293. The number of rotatable bonds is 6. The number of aryl methyl sites for hydroxylation is 1. The maximum atomic E-state index is 13.2. The molecule has 4 rings (SSSR count). The van der Waals surface area contributed by atoms with Gasteiger partial charge in [-0.15, -0.1) is 11.3 Å². The average Bonchev–Trinajstić information content (AvgIpc) is 3.21. The van der Waals surface area contributed by atoms with Gasteiger partial charge in [0.25, 0.3) is 5.91 Å². The lowest BCUT2D eigenvalue weighted by Gasteiger charge is -2.18. The maximum absolute atomic E-state index is 13.2. The molecule has 4 aromatic rings. The van der Waals surface area contributed by atoms with E-state index in [0.717, 1.165) is 11.3 Å². The number of hydrogen-bond acceptors (Lipinski definition) is 6. The van der Waals surface area contributed by atoms with Gasteiger partial charge in [-0.2, -0.15) is 0 Å². The topological polar surface area (TPSA) is 81.2 Å². The zero-order chi connectivity index (χ0) is 22.5. The van der Waals surface area contributed by atoms with Crippen molar-refractivity contribution in [2.24, 2.45) is 0 Å². The highest BCUT2D eigenvalue weighted by Crippen LogP contribution is 2.29. The van der Waals surface area contributed by atoms with E-state index in [1.54, 1.807) is 55.6 Å². The molecule has 1 atom stereocenters. The Morgan fingerprint density at radius 1 is 1.00 bits per heavy atom. The number of anilines is 1. The number of esters is 1. The molecular formula is C24H18FN3O3S. The lowest BCUT2D eigenvalue weighted by Crippen LogP contribution is -2.26. The quantitative estimate of drug-likeness (QED) is 0.412. The molecule has 0 saturated heterocycles. The molecular weight excluding hydrogens is 429 g/mol. The highest BCUT2D eigenvalue weighted by molar-refractivity contribution is 7.17. The van der Waals surface area contributed by atoms with Gasteiger partial charge in [-0.1, -0.05) is 36.4 Å². The Labute approximate surface area is 187 Å². The highest BCUT2D eigenvalue weighted by atomic mass is 32.1. The van der Waals surface area contributed by atoms with Crippen LogP contribution in [0.2, 0.25) is 0 Å². The van der Waals surface area contributed by atoms with Gasteiger partial charge in [-0.3, -0.25) is 9.78 Å². The van der Waals surface area contributed by atoms with E-state index in [4.69, 9.17) is 4.74 Å². The van der Waals surface area contributed by atoms with Gasteiger partial charge < -0.3 is 10.1 Å². The summed E-state index contributed by atoms with van der Waals surface area (Å²) in [6, 6.07) is 19.5. The van der Waals surface area contributed by atoms with Crippen molar-refractivity contribution in [3.63, 3.8) is 0 Å². The first-order chi connectivity index (χ1) is 15.5. The van der Waals surface area contributed by atoms with Crippen molar-refractivity contribution in [1.82, 2.24) is 9.97 Å². The largest absolute Gasteiger partial charge is 0.443 e. The molecule has 0 aliphatic carbocycles. The van der Waals surface area contributed by atoms with Crippen LogP contribution >= 0.6 is 11.3 Å². The summed E-state index contributed by atoms with van der Waals surface area (Å²) in [5, 5.41) is 3.25. The monoisotopic (exact) mass is 447 g/mol. The standard InChI is InChI=1S/C24H18FN3O3S/c1-15-21(32-23(27-15)19-9-5-6-14-26-19)24(30)31-20(16-7-3-2-4-8-16)22(29)28-18-12-10-17(25)11-13-18/h2-14,20H,1H3,(H,28,29). The number of carbonyl (C=O) groups is 2. The van der Waals surface area contributed by atoms with Crippen molar-refractivity contribution in [2.45, 2.75) is 13.0 Å². The van der Waals surface area contributed by atoms with E-state index in [-0.39, 0.29) is 0 Å². The average molecular weight is 447 g/mol. The molecule has 1 unspecified atom stereocenters. The van der Waals surface area contributed by atoms with Crippen LogP contribution in [0.5, 0.6) is 0 Å². The third-order valence-corrected chi connectivity index (χ3v) is 5.70. The van der Waals surface area contributed by atoms with Gasteiger partial charge >= 0.3 is 5.97 Å². The second kappa shape index (κ2) is 9.49. The fourth-order valence-electron chi connectivity index (χ4n) is 2.99. The zero-order valence-corrected chi connectivity index (χ0v) is 17.8. The fourth-order valence-corrected chi connectivity index (χ4v) is 3.91. The number of aromatic nitrogens is 2. The second-order valence-electron chi connectivity index (χ2n) is 6.84. The molecule has 6 nitrogen and oxygen atoms in total. The molecule has 0 saturated carbocycles. The van der Waals surface area contributed by atoms with Crippen LogP contribution in [0.15, 0.2) is 79.0 Å². The molecule has 0 radical (unpaired) electrons. The SMILES string of the molecule is Cc1nc(-c2ccccn2)sc1C(=O)OC(C(=O)Nc1ccc(F)cc1)c1ccccc1. The number of benzene rings is 2. The molecule has 160 valence electrons. The molecule has 0 aliphatic heterocycles. The molecule has 1 N–H and O–H groups in total. The predicted octanol–water partition coefficient (Wildman–Crippen LogP) is 5.19. The van der Waals surface area contributed by atoms with E-state index in [1.165, 1.54) is 24.3 Å². The van der Waals surface area contributed by atoms with Crippen LogP contribution < -0.4 is 5.32 Å². The number of pyridine rings is 1. The Morgan fingerprint density at radius 3 is 2.41 bits per heavy atom. The molecule has 0 spiro atoms. The molecule has 0 fully saturated rings. The minimum Gasteiger partial charge on any atom is -0.443 e. The lowest BCUT2D eigenvalue weighted by atomic mass is 10.1. The van der Waals surface area contributed by atoms with E-state index < -0.39 is 23.8 Å². The minimum atomic E-state index is -1.20. The molecule has 0 bridgehead atoms. The number of nitrogens with zero attached hydrogens (tertiary/aromatic N) is 2. The van der Waals surface area contributed by atoms with Gasteiger partial charge in [0.2, 0.25) is 6.10 Å². The second-order valence-corrected chi connectivity index (χ2v) is 7.84. The number of thiazole rings is 1. The van der Waals surface area contributed by atoms with Crippen LogP contribution in [-0.2, 0) is 9.53 Å². The van der Waals surface area contributed by atoms with E-state index in [0.29, 0.717) is 32.5 Å². The van der Waals surface area contributed by atoms with Gasteiger partial charge in [-0.05, 0) is 43.3 Å². The van der Waals surface area contributed by atoms with E-state index in [1.807, 2.05) is 6.07 Å². The summed E-state index contributed by atoms with van der Waals surface area (Å²) in [7, 11) is 0. The van der Waals surface area contributed by atoms with Gasteiger partial charge in [0.05, 0.1) is 11.4 Å². The Bertz CT molecular complexity index is 1230. The van der Waals surface area contributed by atoms with E-state index >= 15 is 0 Å². The summed E-state index contributed by atoms with van der Waals surface area (Å²) in [6.45, 7) is 1.70. The first kappa shape index (κ1) is 21.3. The fraction of sp³-hybridized carbons (Fsp3) is 0.0833. The Morgan fingerprint density at radius 2 is 1.72 bits per heavy atom. The van der Waals surface area contributed by atoms with E-state index in [2.05, 4.69) is 15.3 Å². The molecule has 2 aromatic heterocycles. The summed E-state index contributed by atoms with van der Waals surface area (Å²) in [5.41, 5.74) is 2.03. The molecule has 8 heteroatoms. The number of amides is 1. The number of halogens is 1. The summed E-state index contributed by atoms with van der Waals surface area (Å²) < 4.78 is 18.8. The number of carbonyl (C=O) groups excluding carboxylic acids is 2. The normalized spacial score (nSPS) is 11.6. The summed E-state index contributed by atoms with van der Waals surface area (Å²) in [4.78, 5) is 34.9. The maximum Gasteiger partial charge on any atom is 0.351 e. The van der Waals surface area contributed by atoms with Gasteiger partial charge in [0.1, 0.15) is 15.7 Å². The van der Waals surface area contributed by atoms with E-state index in [9.17, 15) is 14.0 Å². The molecule has 0 aliphatic rings. The smallest absolute Gasteiger partial charge is 0.351 e. The van der Waals surface area contributed by atoms with Crippen molar-refractivity contribution in [3.8, 4) is 10.7 Å². The first-order valence-corrected chi connectivity index (χ1v) is 10.5. The van der Waals surface area contributed by atoms with Crippen LogP contribution in [0.1, 0.15) is 27.0 Å². The van der Waals surface area contributed by atoms with Gasteiger partial charge in [0, 0.05) is 17.4 Å². The van der Waals surface area contributed by atoms with Crippen LogP contribution in [-0.4, -0.2) is 21.8 Å². The molecule has 2 heterocycles. The third-order valence-electron chi connectivity index (χ3n) is 4.54. The van der Waals surface area contributed by atoms with Crippen LogP contribution in [0, 0.1) is 12.7 Å². The summed E-state index contributed by atoms with van der Waals surface area (Å²) in [6.07, 6.45) is 0.448. The highest BCUT2D eigenvalue weighted by Gasteiger charge is 2.28. The summed E-state index contributed by atoms with van der Waals surface area (Å²) >= 11 is 1.15. The van der Waals surface area contributed by atoms with Crippen molar-refractivity contribution < 1.29 is 18.7 Å². The third kappa shape index (κ3) is 4.87. The van der Waals surface area contributed by atoms with Gasteiger partial charge in [-0.25, -0.2) is 14.2 Å². The Hall–Kier alpha value is -3.91. The molecule has 2 aromatic carbocycles. The van der Waals surface area contributed by atoms with Crippen molar-refractivity contribution in [1.29, 1.82) is 0 Å². The number of nitrogens with one attached hydrogen (secondary N) is 1. The van der Waals surface area contributed by atoms with Gasteiger partial charge in [0.15, 0.2) is 0 Å². The first-order valence-electron chi connectivity index (χ1n) is 9.72. The van der Waals surface area contributed by atoms with Crippen LogP contribution in [0.25, 0.3) is 10.7 Å². The number of ether oxygens (including phenoxy) is 1. The van der Waals surface area contributed by atoms with Crippen molar-refractivity contribution >= 4 is 28.9 Å². The summed E-state index contributed by atoms with van der Waals surface area (Å²) in [5.74, 6) is -1.63. The number of hydrogen-bond donors (Lipinski definition) is 1. The van der Waals surface area contributed by atoms with Crippen molar-refractivity contribution in [3.05, 3.63) is 101 Å². The zero-order valence-electron chi connectivity index (χ0n) is 17.0. The Kier molecular flexibility index (Phi) is 6.32. The van der Waals surface area contributed by atoms with Crippen LogP contribution in [0.4, 0.5) is 10.1 Å².